The Kier molecular flexibility index (Phi) is 7.17. The highest BCUT2D eigenvalue weighted by atomic mass is 35.5. The zero-order chi connectivity index (χ0) is 18.4. The molecule has 0 amide bonds. The van der Waals surface area contributed by atoms with E-state index in [4.69, 9.17) is 26.1 Å². The summed E-state index contributed by atoms with van der Waals surface area (Å²) in [6.07, 6.45) is 2.29. The van der Waals surface area contributed by atoms with E-state index in [1.807, 2.05) is 12.1 Å². The summed E-state index contributed by atoms with van der Waals surface area (Å²) in [7, 11) is 1.70. The van der Waals surface area contributed by atoms with Crippen LogP contribution in [-0.4, -0.2) is 63.5 Å². The van der Waals surface area contributed by atoms with Gasteiger partial charge in [-0.1, -0.05) is 23.7 Å². The maximum atomic E-state index is 6.13. The summed E-state index contributed by atoms with van der Waals surface area (Å²) in [4.78, 5) is 7.10. The van der Waals surface area contributed by atoms with Crippen LogP contribution in [0.3, 0.4) is 0 Å². The lowest BCUT2D eigenvalue weighted by molar-refractivity contribution is 0.0536. The molecule has 1 heterocycles. The van der Waals surface area contributed by atoms with Crippen LogP contribution in [0, 0.1) is 5.92 Å². The minimum absolute atomic E-state index is 0.454. The first-order valence-corrected chi connectivity index (χ1v) is 9.97. The second-order valence-electron chi connectivity index (χ2n) is 7.11. The number of methoxy groups -OCH3 is 1. The van der Waals surface area contributed by atoms with Crippen molar-refractivity contribution >= 4 is 17.6 Å². The molecule has 1 aliphatic heterocycles. The first kappa shape index (κ1) is 19.5. The maximum Gasteiger partial charge on any atom is 0.194 e. The molecular formula is C20H30ClN3O2. The number of nitrogens with zero attached hydrogens (tertiary/aromatic N) is 2. The molecule has 1 saturated heterocycles. The van der Waals surface area contributed by atoms with Crippen molar-refractivity contribution in [3.05, 3.63) is 34.9 Å². The number of benzene rings is 1. The Labute approximate surface area is 161 Å². The first-order chi connectivity index (χ1) is 12.7. The van der Waals surface area contributed by atoms with E-state index < -0.39 is 0 Å². The van der Waals surface area contributed by atoms with Gasteiger partial charge < -0.3 is 19.7 Å². The molecule has 3 rings (SSSR count). The van der Waals surface area contributed by atoms with Gasteiger partial charge in [-0.2, -0.15) is 0 Å². The van der Waals surface area contributed by atoms with E-state index in [1.165, 1.54) is 5.56 Å². The molecule has 26 heavy (non-hydrogen) atoms. The summed E-state index contributed by atoms with van der Waals surface area (Å²) < 4.78 is 10.7. The molecule has 0 radical (unpaired) electrons. The SMILES string of the molecule is CCN=C(NC1CC1c1cccc(Cl)c1)N1CCC(COCCOC)C1. The van der Waals surface area contributed by atoms with Crippen molar-refractivity contribution in [1.82, 2.24) is 10.2 Å². The number of guanidine groups is 1. The largest absolute Gasteiger partial charge is 0.382 e. The lowest BCUT2D eigenvalue weighted by Crippen LogP contribution is -2.42. The van der Waals surface area contributed by atoms with Crippen molar-refractivity contribution in [2.75, 3.05) is 46.6 Å². The predicted molar refractivity (Wildman–Crippen MR) is 106 cm³/mol. The molecule has 3 atom stereocenters. The fraction of sp³-hybridized carbons (Fsp3) is 0.650. The van der Waals surface area contributed by atoms with Crippen LogP contribution in [0.1, 0.15) is 31.2 Å². The quantitative estimate of drug-likeness (QED) is 0.428. The molecule has 5 nitrogen and oxygen atoms in total. The summed E-state index contributed by atoms with van der Waals surface area (Å²) >= 11 is 6.13. The molecule has 144 valence electrons. The highest BCUT2D eigenvalue weighted by Gasteiger charge is 2.40. The molecule has 0 aromatic heterocycles. The van der Waals surface area contributed by atoms with E-state index in [-0.39, 0.29) is 0 Å². The van der Waals surface area contributed by atoms with Crippen LogP contribution in [0.4, 0.5) is 0 Å². The molecule has 0 spiro atoms. The number of hydrogen-bond acceptors (Lipinski definition) is 3. The van der Waals surface area contributed by atoms with Gasteiger partial charge in [0.1, 0.15) is 0 Å². The molecular weight excluding hydrogens is 350 g/mol. The topological polar surface area (TPSA) is 46.1 Å². The van der Waals surface area contributed by atoms with Crippen LogP contribution in [0.2, 0.25) is 5.02 Å². The van der Waals surface area contributed by atoms with Gasteiger partial charge >= 0.3 is 0 Å². The fourth-order valence-electron chi connectivity index (χ4n) is 3.57. The number of nitrogens with one attached hydrogen (secondary N) is 1. The number of aliphatic imine (C=N–C) groups is 1. The van der Waals surface area contributed by atoms with E-state index in [0.717, 1.165) is 50.1 Å². The summed E-state index contributed by atoms with van der Waals surface area (Å²) in [5.74, 6) is 2.14. The number of ether oxygens (including phenoxy) is 2. The van der Waals surface area contributed by atoms with Crippen molar-refractivity contribution in [3.8, 4) is 0 Å². The Balaban J connectivity index is 1.49. The van der Waals surface area contributed by atoms with Crippen molar-refractivity contribution < 1.29 is 9.47 Å². The van der Waals surface area contributed by atoms with E-state index in [0.29, 0.717) is 31.1 Å². The molecule has 2 aliphatic rings. The van der Waals surface area contributed by atoms with E-state index >= 15 is 0 Å². The summed E-state index contributed by atoms with van der Waals surface area (Å²) in [5.41, 5.74) is 1.32. The van der Waals surface area contributed by atoms with Gasteiger partial charge in [-0.15, -0.1) is 0 Å². The van der Waals surface area contributed by atoms with Crippen molar-refractivity contribution in [1.29, 1.82) is 0 Å². The van der Waals surface area contributed by atoms with Gasteiger partial charge in [0.2, 0.25) is 0 Å². The number of hydrogen-bond donors (Lipinski definition) is 1. The van der Waals surface area contributed by atoms with Gasteiger partial charge in [0.15, 0.2) is 5.96 Å². The third-order valence-electron chi connectivity index (χ3n) is 5.06. The Morgan fingerprint density at radius 2 is 2.27 bits per heavy atom. The summed E-state index contributed by atoms with van der Waals surface area (Å²) in [5, 5.41) is 4.48. The van der Waals surface area contributed by atoms with Gasteiger partial charge in [0, 0.05) is 49.6 Å². The van der Waals surface area contributed by atoms with Gasteiger partial charge in [0.25, 0.3) is 0 Å². The minimum Gasteiger partial charge on any atom is -0.382 e. The molecule has 1 saturated carbocycles. The lowest BCUT2D eigenvalue weighted by Gasteiger charge is -2.22. The summed E-state index contributed by atoms with van der Waals surface area (Å²) in [6, 6.07) is 8.66. The van der Waals surface area contributed by atoms with Gasteiger partial charge in [0.05, 0.1) is 19.8 Å². The summed E-state index contributed by atoms with van der Waals surface area (Å²) in [6.45, 7) is 7.06. The van der Waals surface area contributed by atoms with Crippen LogP contribution in [-0.2, 0) is 9.47 Å². The van der Waals surface area contributed by atoms with Gasteiger partial charge in [-0.05, 0) is 37.5 Å². The van der Waals surface area contributed by atoms with Gasteiger partial charge in [-0.3, -0.25) is 4.99 Å². The molecule has 3 unspecified atom stereocenters. The molecule has 6 heteroatoms. The Hall–Kier alpha value is -1.30. The Morgan fingerprint density at radius 1 is 1.38 bits per heavy atom. The van der Waals surface area contributed by atoms with Gasteiger partial charge in [-0.25, -0.2) is 0 Å². The third-order valence-corrected chi connectivity index (χ3v) is 5.30. The monoisotopic (exact) mass is 379 g/mol. The Bertz CT molecular complexity index is 610. The van der Waals surface area contributed by atoms with E-state index in [1.54, 1.807) is 7.11 Å². The lowest BCUT2D eigenvalue weighted by atomic mass is 10.1. The van der Waals surface area contributed by atoms with E-state index in [9.17, 15) is 0 Å². The Morgan fingerprint density at radius 3 is 3.04 bits per heavy atom. The second-order valence-corrected chi connectivity index (χ2v) is 7.55. The molecule has 2 fully saturated rings. The smallest absolute Gasteiger partial charge is 0.194 e. The molecule has 1 aromatic rings. The van der Waals surface area contributed by atoms with Crippen LogP contribution in [0.25, 0.3) is 0 Å². The normalized spacial score (nSPS) is 25.6. The van der Waals surface area contributed by atoms with Crippen LogP contribution < -0.4 is 5.32 Å². The predicted octanol–water partition coefficient (Wildman–Crippen LogP) is 3.15. The number of likely N-dealkylation sites (tertiary alicyclic amines) is 1. The minimum atomic E-state index is 0.454. The second kappa shape index (κ2) is 9.58. The third kappa shape index (κ3) is 5.35. The van der Waals surface area contributed by atoms with Crippen molar-refractivity contribution in [2.45, 2.75) is 31.7 Å². The highest BCUT2D eigenvalue weighted by molar-refractivity contribution is 6.30. The number of halogens is 1. The highest BCUT2D eigenvalue weighted by Crippen LogP contribution is 2.41. The molecule has 1 aromatic carbocycles. The molecule has 1 N–H and O–H groups in total. The molecule has 1 aliphatic carbocycles. The standard InChI is InChI=1S/C20H30ClN3O2/c1-3-22-20(24-8-7-15(13-24)14-26-10-9-25-2)23-19-12-18(19)16-5-4-6-17(21)11-16/h4-6,11,15,18-19H,3,7-10,12-14H2,1-2H3,(H,22,23). The molecule has 0 bridgehead atoms. The fourth-order valence-corrected chi connectivity index (χ4v) is 3.76. The number of rotatable bonds is 8. The van der Waals surface area contributed by atoms with Crippen LogP contribution in [0.15, 0.2) is 29.3 Å². The zero-order valence-corrected chi connectivity index (χ0v) is 16.5. The van der Waals surface area contributed by atoms with Crippen molar-refractivity contribution in [3.63, 3.8) is 0 Å². The van der Waals surface area contributed by atoms with Crippen LogP contribution >= 0.6 is 11.6 Å². The zero-order valence-electron chi connectivity index (χ0n) is 15.8. The average Bonchev–Trinajstić information content (AvgIpc) is 3.25. The van der Waals surface area contributed by atoms with Crippen molar-refractivity contribution in [2.24, 2.45) is 10.9 Å². The average molecular weight is 380 g/mol. The van der Waals surface area contributed by atoms with Crippen LogP contribution in [0.5, 0.6) is 0 Å². The maximum absolute atomic E-state index is 6.13. The van der Waals surface area contributed by atoms with E-state index in [2.05, 4.69) is 29.3 Å². The first-order valence-electron chi connectivity index (χ1n) is 9.59.